The van der Waals surface area contributed by atoms with E-state index in [-0.39, 0.29) is 16.5 Å². The molecular formula is C15H11O10P. The number of aromatic hydroxyl groups is 4. The fraction of sp³-hybridized carbons (Fsp3) is 0. The van der Waals surface area contributed by atoms with Gasteiger partial charge in [0.2, 0.25) is 11.2 Å². The molecule has 0 saturated carbocycles. The Morgan fingerprint density at radius 2 is 1.65 bits per heavy atom. The van der Waals surface area contributed by atoms with Crippen molar-refractivity contribution >= 4 is 18.8 Å². The Morgan fingerprint density at radius 3 is 2.31 bits per heavy atom. The van der Waals surface area contributed by atoms with Gasteiger partial charge >= 0.3 is 7.82 Å². The van der Waals surface area contributed by atoms with Crippen LogP contribution in [-0.4, -0.2) is 30.2 Å². The van der Waals surface area contributed by atoms with Crippen LogP contribution >= 0.6 is 7.82 Å². The highest BCUT2D eigenvalue weighted by Crippen LogP contribution is 2.44. The molecule has 0 aliphatic heterocycles. The van der Waals surface area contributed by atoms with Crippen LogP contribution in [0.15, 0.2) is 39.5 Å². The number of phenolic OH excluding ortho intramolecular Hbond substituents is 3. The van der Waals surface area contributed by atoms with Gasteiger partial charge in [0.15, 0.2) is 17.3 Å². The minimum atomic E-state index is -4.98. The standard InChI is InChI=1S/C15H11O10P/c16-7-4-9(18)12-11(5-7)24-15(14(20)13(12)19)6-1-2-8(17)10(3-6)25-26(21,22)23/h1-5,16-18,20H,(H2,21,22,23). The minimum absolute atomic E-state index is 0.0643. The summed E-state index contributed by atoms with van der Waals surface area (Å²) in [6, 6.07) is 5.05. The first-order chi connectivity index (χ1) is 12.1. The summed E-state index contributed by atoms with van der Waals surface area (Å²) >= 11 is 0. The predicted octanol–water partition coefficient (Wildman–Crippen LogP) is 1.75. The highest BCUT2D eigenvalue weighted by molar-refractivity contribution is 7.46. The molecule has 0 amide bonds. The van der Waals surface area contributed by atoms with Crippen molar-refractivity contribution in [3.8, 4) is 40.1 Å². The molecule has 0 radical (unpaired) electrons. The lowest BCUT2D eigenvalue weighted by Gasteiger charge is -2.11. The molecular weight excluding hydrogens is 371 g/mol. The molecule has 10 nitrogen and oxygen atoms in total. The van der Waals surface area contributed by atoms with Crippen molar-refractivity contribution in [3.63, 3.8) is 0 Å². The van der Waals surface area contributed by atoms with Gasteiger partial charge in [-0.05, 0) is 18.2 Å². The first-order valence-corrected chi connectivity index (χ1v) is 8.40. The lowest BCUT2D eigenvalue weighted by Crippen LogP contribution is -2.03. The fourth-order valence-electron chi connectivity index (χ4n) is 2.33. The number of fused-ring (bicyclic) bond motifs is 1. The van der Waals surface area contributed by atoms with E-state index in [1.165, 1.54) is 6.07 Å². The molecule has 0 fully saturated rings. The number of phosphoric acid groups is 1. The van der Waals surface area contributed by atoms with Gasteiger partial charge in [-0.25, -0.2) is 4.57 Å². The molecule has 0 bridgehead atoms. The molecule has 0 unspecified atom stereocenters. The van der Waals surface area contributed by atoms with Crippen LogP contribution in [0.2, 0.25) is 0 Å². The van der Waals surface area contributed by atoms with E-state index in [0.29, 0.717) is 0 Å². The second-order valence-electron chi connectivity index (χ2n) is 5.21. The molecule has 1 aromatic heterocycles. The average Bonchev–Trinajstić information content (AvgIpc) is 2.51. The van der Waals surface area contributed by atoms with Gasteiger partial charge in [-0.3, -0.25) is 14.6 Å². The highest BCUT2D eigenvalue weighted by Gasteiger charge is 2.22. The third-order valence-electron chi connectivity index (χ3n) is 3.37. The monoisotopic (exact) mass is 382 g/mol. The molecule has 136 valence electrons. The first kappa shape index (κ1) is 17.6. The lowest BCUT2D eigenvalue weighted by atomic mass is 10.1. The number of phenols is 3. The Morgan fingerprint density at radius 1 is 0.962 bits per heavy atom. The Labute approximate surface area is 144 Å². The number of hydrogen-bond acceptors (Lipinski definition) is 8. The molecule has 0 saturated heterocycles. The summed E-state index contributed by atoms with van der Waals surface area (Å²) in [5.41, 5.74) is -1.30. The van der Waals surface area contributed by atoms with Crippen molar-refractivity contribution < 1.29 is 43.7 Å². The fourth-order valence-corrected chi connectivity index (χ4v) is 2.73. The summed E-state index contributed by atoms with van der Waals surface area (Å²) in [7, 11) is -4.98. The van der Waals surface area contributed by atoms with Crippen LogP contribution in [0.4, 0.5) is 0 Å². The van der Waals surface area contributed by atoms with E-state index in [1.807, 2.05) is 0 Å². The van der Waals surface area contributed by atoms with Crippen LogP contribution in [-0.2, 0) is 4.57 Å². The average molecular weight is 382 g/mol. The van der Waals surface area contributed by atoms with Gasteiger partial charge in [-0.15, -0.1) is 0 Å². The van der Waals surface area contributed by atoms with E-state index >= 15 is 0 Å². The number of hydrogen-bond donors (Lipinski definition) is 6. The zero-order valence-corrected chi connectivity index (χ0v) is 13.5. The molecule has 3 rings (SSSR count). The van der Waals surface area contributed by atoms with Crippen molar-refractivity contribution in [2.24, 2.45) is 0 Å². The van der Waals surface area contributed by atoms with Gasteiger partial charge in [0.25, 0.3) is 0 Å². The normalized spacial score (nSPS) is 11.6. The molecule has 2 aromatic carbocycles. The summed E-state index contributed by atoms with van der Waals surface area (Å²) in [5, 5.41) is 38.6. The summed E-state index contributed by atoms with van der Waals surface area (Å²) < 4.78 is 20.6. The third kappa shape index (κ3) is 3.16. The second-order valence-corrected chi connectivity index (χ2v) is 6.38. The van der Waals surface area contributed by atoms with Gasteiger partial charge in [-0.1, -0.05) is 0 Å². The smallest absolute Gasteiger partial charge is 0.508 e. The van der Waals surface area contributed by atoms with E-state index in [2.05, 4.69) is 4.52 Å². The maximum atomic E-state index is 12.3. The maximum Gasteiger partial charge on any atom is 0.524 e. The summed E-state index contributed by atoms with van der Waals surface area (Å²) in [4.78, 5) is 30.0. The van der Waals surface area contributed by atoms with Crippen molar-refractivity contribution in [2.45, 2.75) is 0 Å². The molecule has 3 aromatic rings. The van der Waals surface area contributed by atoms with Crippen LogP contribution in [0.1, 0.15) is 0 Å². The van der Waals surface area contributed by atoms with Gasteiger partial charge in [0, 0.05) is 17.7 Å². The lowest BCUT2D eigenvalue weighted by molar-refractivity contribution is 0.278. The molecule has 1 heterocycles. The van der Waals surface area contributed by atoms with Gasteiger partial charge in [0.1, 0.15) is 22.5 Å². The maximum absolute atomic E-state index is 12.3. The summed E-state index contributed by atoms with van der Waals surface area (Å²) in [6.07, 6.45) is 0. The predicted molar refractivity (Wildman–Crippen MR) is 87.3 cm³/mol. The molecule has 0 aliphatic rings. The van der Waals surface area contributed by atoms with Gasteiger partial charge in [-0.2, -0.15) is 0 Å². The molecule has 11 heteroatoms. The third-order valence-corrected chi connectivity index (χ3v) is 3.81. The highest BCUT2D eigenvalue weighted by atomic mass is 31.2. The first-order valence-electron chi connectivity index (χ1n) is 6.87. The van der Waals surface area contributed by atoms with Crippen LogP contribution in [0.5, 0.6) is 28.7 Å². The van der Waals surface area contributed by atoms with E-state index in [1.54, 1.807) is 0 Å². The Balaban J connectivity index is 2.26. The number of benzene rings is 2. The molecule has 0 atom stereocenters. The molecule has 0 spiro atoms. The quantitative estimate of drug-likeness (QED) is 0.366. The van der Waals surface area contributed by atoms with E-state index < -0.39 is 47.8 Å². The van der Waals surface area contributed by atoms with Crippen LogP contribution < -0.4 is 9.95 Å². The van der Waals surface area contributed by atoms with E-state index in [9.17, 15) is 29.8 Å². The van der Waals surface area contributed by atoms with E-state index in [4.69, 9.17) is 14.2 Å². The number of rotatable bonds is 3. The van der Waals surface area contributed by atoms with Crippen molar-refractivity contribution in [1.29, 1.82) is 0 Å². The zero-order chi connectivity index (χ0) is 19.2. The van der Waals surface area contributed by atoms with E-state index in [0.717, 1.165) is 24.3 Å². The SMILES string of the molecule is O=c1c(O)c(-c2ccc(O)c(OP(=O)(O)O)c2)oc2cc(O)cc(O)c12. The second kappa shape index (κ2) is 5.95. The Bertz CT molecular complexity index is 1130. The molecule has 6 N–H and O–H groups in total. The summed E-state index contributed by atoms with van der Waals surface area (Å²) in [6.45, 7) is 0. The van der Waals surface area contributed by atoms with Gasteiger partial charge < -0.3 is 29.4 Å². The minimum Gasteiger partial charge on any atom is -0.508 e. The van der Waals surface area contributed by atoms with Crippen molar-refractivity contribution in [1.82, 2.24) is 0 Å². The zero-order valence-electron chi connectivity index (χ0n) is 12.7. The summed E-state index contributed by atoms with van der Waals surface area (Å²) in [5.74, 6) is -3.54. The Kier molecular flexibility index (Phi) is 4.03. The van der Waals surface area contributed by atoms with Crippen LogP contribution in [0.3, 0.4) is 0 Å². The van der Waals surface area contributed by atoms with Crippen molar-refractivity contribution in [3.05, 3.63) is 40.6 Å². The van der Waals surface area contributed by atoms with Crippen molar-refractivity contribution in [2.75, 3.05) is 0 Å². The molecule has 26 heavy (non-hydrogen) atoms. The van der Waals surface area contributed by atoms with Crippen LogP contribution in [0, 0.1) is 0 Å². The Hall–Kier alpha value is -3.20. The molecule has 0 aliphatic carbocycles. The topological polar surface area (TPSA) is 178 Å². The number of phosphoric ester groups is 1. The largest absolute Gasteiger partial charge is 0.524 e. The van der Waals surface area contributed by atoms with Gasteiger partial charge in [0.05, 0.1) is 0 Å². The van der Waals surface area contributed by atoms with Crippen LogP contribution in [0.25, 0.3) is 22.3 Å².